The van der Waals surface area contributed by atoms with Crippen LogP contribution >= 0.6 is 11.8 Å². The normalized spacial score (nSPS) is 18.5. The molecule has 0 saturated carbocycles. The first-order valence-electron chi connectivity index (χ1n) is 6.76. The number of sulfonamides is 1. The van der Waals surface area contributed by atoms with Crippen LogP contribution in [0.5, 0.6) is 0 Å². The quantitative estimate of drug-likeness (QED) is 0.880. The lowest BCUT2D eigenvalue weighted by Gasteiger charge is -2.17. The number of nitrogens with zero attached hydrogens (tertiary/aromatic N) is 1. The summed E-state index contributed by atoms with van der Waals surface area (Å²) < 4.78 is 24.7. The van der Waals surface area contributed by atoms with Gasteiger partial charge < -0.3 is 4.90 Å². The zero-order valence-electron chi connectivity index (χ0n) is 12.4. The summed E-state index contributed by atoms with van der Waals surface area (Å²) in [6, 6.07) is 6.68. The second kappa shape index (κ2) is 6.70. The highest BCUT2D eigenvalue weighted by molar-refractivity contribution is 8.13. The highest BCUT2D eigenvalue weighted by Crippen LogP contribution is 2.28. The van der Waals surface area contributed by atoms with Crippen LogP contribution in [-0.2, 0) is 19.6 Å². The molecule has 0 bridgehead atoms. The largest absolute Gasteiger partial charge is 0.312 e. The molecule has 1 N–H and O–H groups in total. The van der Waals surface area contributed by atoms with E-state index in [0.29, 0.717) is 24.4 Å². The Morgan fingerprint density at radius 1 is 1.36 bits per heavy atom. The van der Waals surface area contributed by atoms with E-state index < -0.39 is 10.0 Å². The van der Waals surface area contributed by atoms with Gasteiger partial charge in [-0.1, -0.05) is 11.8 Å². The maximum atomic E-state index is 12.1. The van der Waals surface area contributed by atoms with E-state index in [4.69, 9.17) is 0 Å². The molecule has 1 atom stereocenters. The van der Waals surface area contributed by atoms with Crippen molar-refractivity contribution in [3.05, 3.63) is 24.3 Å². The third kappa shape index (κ3) is 4.74. The van der Waals surface area contributed by atoms with Gasteiger partial charge in [0.2, 0.25) is 15.9 Å². The van der Waals surface area contributed by atoms with Crippen LogP contribution in [0.25, 0.3) is 0 Å². The van der Waals surface area contributed by atoms with Gasteiger partial charge in [0.15, 0.2) is 5.12 Å². The summed E-state index contributed by atoms with van der Waals surface area (Å²) in [6.07, 6.45) is 1.52. The Morgan fingerprint density at radius 3 is 2.55 bits per heavy atom. The van der Waals surface area contributed by atoms with Crippen LogP contribution in [0, 0.1) is 5.92 Å². The van der Waals surface area contributed by atoms with Crippen LogP contribution in [0.2, 0.25) is 0 Å². The molecule has 1 aliphatic heterocycles. The van der Waals surface area contributed by atoms with Crippen molar-refractivity contribution in [2.75, 3.05) is 28.2 Å². The lowest BCUT2D eigenvalue weighted by atomic mass is 10.1. The third-order valence-corrected chi connectivity index (χ3v) is 4.86. The summed E-state index contributed by atoms with van der Waals surface area (Å²) in [5.41, 5.74) is 1.20. The van der Waals surface area contributed by atoms with Gasteiger partial charge in [0.1, 0.15) is 0 Å². The SMILES string of the molecule is CC(=O)SCC1CC(=O)N(c2ccc(NS(C)(=O)=O)cc2)C1. The number of carbonyl (C=O) groups excluding carboxylic acids is 2. The fraction of sp³-hybridized carbons (Fsp3) is 0.429. The smallest absolute Gasteiger partial charge is 0.229 e. The molecule has 8 heteroatoms. The van der Waals surface area contributed by atoms with Crippen molar-refractivity contribution in [2.24, 2.45) is 5.92 Å². The molecule has 1 amide bonds. The number of rotatable bonds is 5. The van der Waals surface area contributed by atoms with Crippen LogP contribution < -0.4 is 9.62 Å². The Bertz CT molecular complexity index is 671. The van der Waals surface area contributed by atoms with Crippen molar-refractivity contribution < 1.29 is 18.0 Å². The molecule has 120 valence electrons. The van der Waals surface area contributed by atoms with Crippen molar-refractivity contribution in [1.29, 1.82) is 0 Å². The first-order chi connectivity index (χ1) is 10.2. The fourth-order valence-electron chi connectivity index (χ4n) is 2.30. The summed E-state index contributed by atoms with van der Waals surface area (Å²) in [5.74, 6) is 0.832. The van der Waals surface area contributed by atoms with Gasteiger partial charge in [-0.2, -0.15) is 0 Å². The molecule has 0 radical (unpaired) electrons. The number of nitrogens with one attached hydrogen (secondary N) is 1. The van der Waals surface area contributed by atoms with Gasteiger partial charge >= 0.3 is 0 Å². The van der Waals surface area contributed by atoms with Crippen LogP contribution in [0.15, 0.2) is 24.3 Å². The second-order valence-corrected chi connectivity index (χ2v) is 8.24. The number of anilines is 2. The number of hydrogen-bond acceptors (Lipinski definition) is 5. The van der Waals surface area contributed by atoms with E-state index >= 15 is 0 Å². The van der Waals surface area contributed by atoms with Crippen LogP contribution in [0.3, 0.4) is 0 Å². The van der Waals surface area contributed by atoms with Gasteiger partial charge in [-0.25, -0.2) is 8.42 Å². The minimum Gasteiger partial charge on any atom is -0.312 e. The summed E-state index contributed by atoms with van der Waals surface area (Å²) in [7, 11) is -3.31. The molecule has 1 aromatic rings. The van der Waals surface area contributed by atoms with Gasteiger partial charge in [-0.05, 0) is 30.2 Å². The Labute approximate surface area is 134 Å². The molecular weight excluding hydrogens is 324 g/mol. The Morgan fingerprint density at radius 2 is 2.00 bits per heavy atom. The standard InChI is InChI=1S/C14H18N2O4S2/c1-10(17)21-9-11-7-14(18)16(8-11)13-5-3-12(4-6-13)15-22(2,19)20/h3-6,11,15H,7-9H2,1-2H3. The molecule has 1 unspecified atom stereocenters. The molecule has 0 spiro atoms. The minimum absolute atomic E-state index is 0.0259. The Balaban J connectivity index is 2.02. The number of amides is 1. The van der Waals surface area contributed by atoms with Crippen LogP contribution in [0.1, 0.15) is 13.3 Å². The maximum Gasteiger partial charge on any atom is 0.229 e. The third-order valence-electron chi connectivity index (χ3n) is 3.21. The van der Waals surface area contributed by atoms with Crippen LogP contribution in [0.4, 0.5) is 11.4 Å². The summed E-state index contributed by atoms with van der Waals surface area (Å²) in [5, 5.41) is 0.0575. The lowest BCUT2D eigenvalue weighted by Crippen LogP contribution is -2.24. The Hall–Kier alpha value is -1.54. The van der Waals surface area contributed by atoms with Gasteiger partial charge in [0.05, 0.1) is 6.26 Å². The highest BCUT2D eigenvalue weighted by Gasteiger charge is 2.30. The molecule has 2 rings (SSSR count). The van der Waals surface area contributed by atoms with E-state index in [0.717, 1.165) is 11.9 Å². The average molecular weight is 342 g/mol. The average Bonchev–Trinajstić information content (AvgIpc) is 2.77. The van der Waals surface area contributed by atoms with E-state index in [1.807, 2.05) is 0 Å². The summed E-state index contributed by atoms with van der Waals surface area (Å²) in [6.45, 7) is 2.10. The fourth-order valence-corrected chi connectivity index (χ4v) is 3.56. The van der Waals surface area contributed by atoms with Crippen molar-refractivity contribution in [1.82, 2.24) is 0 Å². The molecule has 1 aliphatic rings. The monoisotopic (exact) mass is 342 g/mol. The van der Waals surface area contributed by atoms with Gasteiger partial charge in [0, 0.05) is 37.0 Å². The minimum atomic E-state index is -3.31. The molecule has 6 nitrogen and oxygen atoms in total. The molecule has 1 saturated heterocycles. The van der Waals surface area contributed by atoms with Crippen molar-refractivity contribution >= 4 is 44.2 Å². The zero-order valence-corrected chi connectivity index (χ0v) is 14.0. The number of thioether (sulfide) groups is 1. The maximum absolute atomic E-state index is 12.1. The molecular formula is C14H18N2O4S2. The molecule has 22 heavy (non-hydrogen) atoms. The predicted octanol–water partition coefficient (Wildman–Crippen LogP) is 1.69. The molecule has 1 heterocycles. The first-order valence-corrected chi connectivity index (χ1v) is 9.64. The van der Waals surface area contributed by atoms with Crippen molar-refractivity contribution in [3.63, 3.8) is 0 Å². The molecule has 1 fully saturated rings. The molecule has 0 aromatic heterocycles. The van der Waals surface area contributed by atoms with Crippen molar-refractivity contribution in [2.45, 2.75) is 13.3 Å². The van der Waals surface area contributed by atoms with E-state index in [9.17, 15) is 18.0 Å². The van der Waals surface area contributed by atoms with Gasteiger partial charge in [-0.15, -0.1) is 0 Å². The number of benzene rings is 1. The predicted molar refractivity (Wildman–Crippen MR) is 88.5 cm³/mol. The summed E-state index contributed by atoms with van der Waals surface area (Å²) >= 11 is 1.24. The summed E-state index contributed by atoms with van der Waals surface area (Å²) in [4.78, 5) is 24.7. The number of carbonyl (C=O) groups is 2. The molecule has 0 aliphatic carbocycles. The number of hydrogen-bond donors (Lipinski definition) is 1. The van der Waals surface area contributed by atoms with E-state index in [2.05, 4.69) is 4.72 Å². The van der Waals surface area contributed by atoms with Gasteiger partial charge in [-0.3, -0.25) is 14.3 Å². The highest BCUT2D eigenvalue weighted by atomic mass is 32.2. The first kappa shape index (κ1) is 16.8. The Kier molecular flexibility index (Phi) is 5.12. The van der Waals surface area contributed by atoms with Crippen LogP contribution in [-0.4, -0.2) is 38.0 Å². The van der Waals surface area contributed by atoms with E-state index in [-0.39, 0.29) is 16.9 Å². The van der Waals surface area contributed by atoms with Gasteiger partial charge in [0.25, 0.3) is 0 Å². The lowest BCUT2D eigenvalue weighted by molar-refractivity contribution is -0.117. The second-order valence-electron chi connectivity index (χ2n) is 5.30. The topological polar surface area (TPSA) is 83.6 Å². The van der Waals surface area contributed by atoms with E-state index in [1.54, 1.807) is 29.2 Å². The van der Waals surface area contributed by atoms with Crippen molar-refractivity contribution in [3.8, 4) is 0 Å². The molecule has 1 aromatic carbocycles. The zero-order chi connectivity index (χ0) is 16.3. The van der Waals surface area contributed by atoms with E-state index in [1.165, 1.54) is 18.7 Å².